The van der Waals surface area contributed by atoms with E-state index in [1.807, 2.05) is 18.2 Å². The Morgan fingerprint density at radius 3 is 3.09 bits per heavy atom. The summed E-state index contributed by atoms with van der Waals surface area (Å²) in [6.07, 6.45) is 11.7. The van der Waals surface area contributed by atoms with E-state index >= 15 is 0 Å². The Kier molecular flexibility index (Phi) is 2.84. The van der Waals surface area contributed by atoms with Crippen LogP contribution in [0, 0.1) is 0 Å². The minimum Gasteiger partial charge on any atom is -0.300 e. The van der Waals surface area contributed by atoms with Crippen LogP contribution >= 0.6 is 0 Å². The maximum atomic E-state index is 10.7. The van der Waals surface area contributed by atoms with E-state index in [9.17, 15) is 4.79 Å². The van der Waals surface area contributed by atoms with Gasteiger partial charge >= 0.3 is 0 Å². The van der Waals surface area contributed by atoms with Gasteiger partial charge in [-0.2, -0.15) is 0 Å². The van der Waals surface area contributed by atoms with Gasteiger partial charge in [0.1, 0.15) is 5.78 Å². The van der Waals surface area contributed by atoms with Crippen LogP contribution in [0.4, 0.5) is 0 Å². The summed E-state index contributed by atoms with van der Waals surface area (Å²) >= 11 is 0. The van der Waals surface area contributed by atoms with E-state index in [4.69, 9.17) is 0 Å². The smallest absolute Gasteiger partial charge is 0.134 e. The van der Waals surface area contributed by atoms with Crippen LogP contribution in [-0.2, 0) is 4.79 Å². The lowest BCUT2D eigenvalue weighted by Crippen LogP contribution is -1.90. The lowest BCUT2D eigenvalue weighted by atomic mass is 10.1. The lowest BCUT2D eigenvalue weighted by Gasteiger charge is -1.94. The van der Waals surface area contributed by atoms with Gasteiger partial charge in [0.25, 0.3) is 0 Å². The monoisotopic (exact) mass is 148 g/mol. The molecule has 0 bridgehead atoms. The first-order chi connectivity index (χ1) is 5.29. The fourth-order valence-corrected chi connectivity index (χ4v) is 1.03. The number of rotatable bonds is 2. The van der Waals surface area contributed by atoms with Crippen molar-refractivity contribution >= 4 is 5.78 Å². The van der Waals surface area contributed by atoms with Crippen molar-refractivity contribution in [3.8, 4) is 0 Å². The van der Waals surface area contributed by atoms with Gasteiger partial charge in [0.05, 0.1) is 0 Å². The quantitative estimate of drug-likeness (QED) is 0.587. The predicted octanol–water partition coefficient (Wildman–Crippen LogP) is 2.41. The van der Waals surface area contributed by atoms with Gasteiger partial charge in [0.2, 0.25) is 0 Å². The molecule has 1 heteroatoms. The highest BCUT2D eigenvalue weighted by molar-refractivity contribution is 5.78. The van der Waals surface area contributed by atoms with Crippen LogP contribution in [0.5, 0.6) is 0 Å². The molecule has 0 aromatic heterocycles. The van der Waals surface area contributed by atoms with E-state index in [0.717, 1.165) is 12.0 Å². The highest BCUT2D eigenvalue weighted by Gasteiger charge is 1.96. The van der Waals surface area contributed by atoms with Crippen LogP contribution in [0.25, 0.3) is 0 Å². The van der Waals surface area contributed by atoms with Crippen molar-refractivity contribution in [1.29, 1.82) is 0 Å². The second-order valence-corrected chi connectivity index (χ2v) is 2.69. The van der Waals surface area contributed by atoms with Gasteiger partial charge in [-0.1, -0.05) is 30.4 Å². The van der Waals surface area contributed by atoms with Gasteiger partial charge < -0.3 is 0 Å². The molecule has 1 rings (SSSR count). The number of carbonyl (C=O) groups excluding carboxylic acids is 1. The molecule has 0 aliphatic heterocycles. The molecule has 0 atom stereocenters. The first-order valence-electron chi connectivity index (χ1n) is 3.81. The van der Waals surface area contributed by atoms with E-state index in [2.05, 4.69) is 12.2 Å². The average molecular weight is 148 g/mol. The van der Waals surface area contributed by atoms with Crippen LogP contribution in [-0.4, -0.2) is 5.78 Å². The molecule has 58 valence electrons. The van der Waals surface area contributed by atoms with Crippen molar-refractivity contribution in [3.05, 3.63) is 36.0 Å². The fourth-order valence-electron chi connectivity index (χ4n) is 1.03. The number of carbonyl (C=O) groups is 1. The molecule has 0 heterocycles. The second kappa shape index (κ2) is 3.91. The Morgan fingerprint density at radius 1 is 1.55 bits per heavy atom. The average Bonchev–Trinajstić information content (AvgIpc) is 2.14. The Hall–Kier alpha value is -1.11. The highest BCUT2D eigenvalue weighted by Crippen LogP contribution is 2.08. The molecule has 1 nitrogen and oxygen atoms in total. The summed E-state index contributed by atoms with van der Waals surface area (Å²) < 4.78 is 0. The van der Waals surface area contributed by atoms with Crippen molar-refractivity contribution in [2.24, 2.45) is 0 Å². The van der Waals surface area contributed by atoms with Gasteiger partial charge in [-0.25, -0.2) is 0 Å². The maximum absolute atomic E-state index is 10.7. The zero-order valence-electron chi connectivity index (χ0n) is 6.71. The lowest BCUT2D eigenvalue weighted by molar-refractivity contribution is -0.116. The number of allylic oxidation sites excluding steroid dienone is 6. The number of Topliss-reactive ketones (excluding diaryl/α,β-unsaturated/α-hetero) is 1. The van der Waals surface area contributed by atoms with Gasteiger partial charge in [-0.05, 0) is 18.9 Å². The van der Waals surface area contributed by atoms with Crippen LogP contribution in [0.1, 0.15) is 19.8 Å². The third-order valence-electron chi connectivity index (χ3n) is 1.50. The van der Waals surface area contributed by atoms with Crippen molar-refractivity contribution in [2.45, 2.75) is 19.8 Å². The molecule has 0 unspecified atom stereocenters. The third-order valence-corrected chi connectivity index (χ3v) is 1.50. The summed E-state index contributed by atoms with van der Waals surface area (Å²) in [5.74, 6) is 0.219. The van der Waals surface area contributed by atoms with Gasteiger partial charge in [0, 0.05) is 6.42 Å². The van der Waals surface area contributed by atoms with Crippen molar-refractivity contribution in [3.63, 3.8) is 0 Å². The molecule has 0 saturated carbocycles. The molecule has 0 spiro atoms. The minimum atomic E-state index is 0.219. The minimum absolute atomic E-state index is 0.219. The summed E-state index contributed by atoms with van der Waals surface area (Å²) in [5, 5.41) is 0. The summed E-state index contributed by atoms with van der Waals surface area (Å²) in [5.41, 5.74) is 1.10. The Morgan fingerprint density at radius 2 is 2.36 bits per heavy atom. The molecule has 0 fully saturated rings. The Bertz CT molecular complexity index is 231. The van der Waals surface area contributed by atoms with Crippen LogP contribution in [0.2, 0.25) is 0 Å². The molecule has 0 N–H and O–H groups in total. The standard InChI is InChI=1S/C10H12O/c1-9(11)8-10-6-4-2-3-5-7-10/h2,4-7H,3,8H2,1H3. The fraction of sp³-hybridized carbons (Fsp3) is 0.300. The molecular weight excluding hydrogens is 136 g/mol. The number of hydrogen-bond acceptors (Lipinski definition) is 1. The Labute approximate surface area is 67.1 Å². The molecule has 1 aliphatic rings. The third kappa shape index (κ3) is 2.99. The predicted molar refractivity (Wildman–Crippen MR) is 46.3 cm³/mol. The first kappa shape index (κ1) is 7.99. The maximum Gasteiger partial charge on any atom is 0.134 e. The molecule has 0 radical (unpaired) electrons. The Balaban J connectivity index is 2.62. The van der Waals surface area contributed by atoms with E-state index < -0.39 is 0 Å². The second-order valence-electron chi connectivity index (χ2n) is 2.69. The van der Waals surface area contributed by atoms with E-state index in [1.54, 1.807) is 6.92 Å². The summed E-state index contributed by atoms with van der Waals surface area (Å²) in [7, 11) is 0. The molecule has 0 aromatic rings. The zero-order valence-corrected chi connectivity index (χ0v) is 6.71. The molecule has 1 aliphatic carbocycles. The van der Waals surface area contributed by atoms with E-state index in [-0.39, 0.29) is 5.78 Å². The van der Waals surface area contributed by atoms with Crippen LogP contribution < -0.4 is 0 Å². The highest BCUT2D eigenvalue weighted by atomic mass is 16.1. The number of ketones is 1. The zero-order chi connectivity index (χ0) is 8.10. The topological polar surface area (TPSA) is 17.1 Å². The summed E-state index contributed by atoms with van der Waals surface area (Å²) in [6.45, 7) is 1.61. The van der Waals surface area contributed by atoms with Gasteiger partial charge in [-0.15, -0.1) is 0 Å². The van der Waals surface area contributed by atoms with Crippen molar-refractivity contribution < 1.29 is 4.79 Å². The van der Waals surface area contributed by atoms with Gasteiger partial charge in [0.15, 0.2) is 0 Å². The van der Waals surface area contributed by atoms with E-state index in [1.165, 1.54) is 0 Å². The molecule has 11 heavy (non-hydrogen) atoms. The first-order valence-corrected chi connectivity index (χ1v) is 3.81. The van der Waals surface area contributed by atoms with E-state index in [0.29, 0.717) is 6.42 Å². The van der Waals surface area contributed by atoms with Crippen LogP contribution in [0.15, 0.2) is 36.0 Å². The summed E-state index contributed by atoms with van der Waals surface area (Å²) in [4.78, 5) is 10.7. The largest absolute Gasteiger partial charge is 0.300 e. The van der Waals surface area contributed by atoms with Crippen LogP contribution in [0.3, 0.4) is 0 Å². The summed E-state index contributed by atoms with van der Waals surface area (Å²) in [6, 6.07) is 0. The molecule has 0 saturated heterocycles. The van der Waals surface area contributed by atoms with Crippen molar-refractivity contribution in [2.75, 3.05) is 0 Å². The normalized spacial score (nSPS) is 15.9. The molecular formula is C10H12O. The molecule has 0 aromatic carbocycles. The SMILES string of the molecule is CC(=O)CC1=CC=CCC=C1. The number of hydrogen-bond donors (Lipinski definition) is 0. The molecule has 0 amide bonds. The van der Waals surface area contributed by atoms with Crippen molar-refractivity contribution in [1.82, 2.24) is 0 Å². The van der Waals surface area contributed by atoms with Gasteiger partial charge in [-0.3, -0.25) is 4.79 Å².